The highest BCUT2D eigenvalue weighted by atomic mass is 16.8. The van der Waals surface area contributed by atoms with E-state index < -0.39 is 124 Å². The van der Waals surface area contributed by atoms with Gasteiger partial charge in [0.25, 0.3) is 0 Å². The van der Waals surface area contributed by atoms with Gasteiger partial charge in [-0.05, 0) is 44.9 Å². The summed E-state index contributed by atoms with van der Waals surface area (Å²) in [6.45, 7) is 1.81. The summed E-state index contributed by atoms with van der Waals surface area (Å²) in [6.07, 6.45) is 63.5. The first-order chi connectivity index (χ1) is 53.8. The zero-order valence-electron chi connectivity index (χ0n) is 70.3. The quantitative estimate of drug-likeness (QED) is 0.0199. The van der Waals surface area contributed by atoms with Gasteiger partial charge in [0, 0.05) is 6.42 Å². The molecular formula is C91H173NO18. The van der Waals surface area contributed by atoms with E-state index in [0.29, 0.717) is 6.42 Å². The second kappa shape index (κ2) is 71.4. The summed E-state index contributed by atoms with van der Waals surface area (Å²) in [5.41, 5.74) is 0. The van der Waals surface area contributed by atoms with E-state index in [0.717, 1.165) is 44.9 Å². The maximum Gasteiger partial charge on any atom is 0.220 e. The Labute approximate surface area is 670 Å². The second-order valence-electron chi connectivity index (χ2n) is 33.5. The van der Waals surface area contributed by atoms with Crippen LogP contribution >= 0.6 is 0 Å². The van der Waals surface area contributed by atoms with E-state index >= 15 is 0 Å². The Bertz CT molecular complexity index is 2070. The predicted octanol–water partition coefficient (Wildman–Crippen LogP) is 18.0. The molecule has 12 N–H and O–H groups in total. The maximum absolute atomic E-state index is 13.5. The highest BCUT2D eigenvalue weighted by Gasteiger charge is 2.54. The van der Waals surface area contributed by atoms with E-state index in [1.807, 2.05) is 6.08 Å². The molecule has 0 bridgehead atoms. The minimum atomic E-state index is -1.98. The van der Waals surface area contributed by atoms with Gasteiger partial charge in [-0.25, -0.2) is 0 Å². The molecule has 110 heavy (non-hydrogen) atoms. The van der Waals surface area contributed by atoms with Crippen LogP contribution in [0.2, 0.25) is 0 Å². The highest BCUT2D eigenvalue weighted by molar-refractivity contribution is 5.76. The van der Waals surface area contributed by atoms with E-state index in [4.69, 9.17) is 28.4 Å². The number of amides is 1. The lowest BCUT2D eigenvalue weighted by Gasteiger charge is -2.48. The van der Waals surface area contributed by atoms with Gasteiger partial charge in [-0.3, -0.25) is 4.79 Å². The fourth-order valence-electron chi connectivity index (χ4n) is 16.1. The fraction of sp³-hybridized carbons (Fsp3) is 0.945. The van der Waals surface area contributed by atoms with Crippen LogP contribution in [-0.4, -0.2) is 193 Å². The second-order valence-corrected chi connectivity index (χ2v) is 33.5. The van der Waals surface area contributed by atoms with Crippen LogP contribution < -0.4 is 5.32 Å². The van der Waals surface area contributed by atoms with Crippen molar-refractivity contribution in [3.05, 3.63) is 24.3 Å². The molecule has 19 heteroatoms. The molecular weight excluding hydrogens is 1390 g/mol. The Kier molecular flexibility index (Phi) is 66.5. The topological polar surface area (TPSA) is 307 Å². The fourth-order valence-corrected chi connectivity index (χ4v) is 16.1. The molecule has 17 atom stereocenters. The molecule has 3 aliphatic heterocycles. The summed E-state index contributed by atoms with van der Waals surface area (Å²) in [5.74, 6) is -0.265. The molecule has 0 aromatic heterocycles. The molecule has 0 radical (unpaired) electrons. The molecule has 650 valence electrons. The lowest BCUT2D eigenvalue weighted by Crippen LogP contribution is -2.66. The summed E-state index contributed by atoms with van der Waals surface area (Å²) >= 11 is 0. The van der Waals surface area contributed by atoms with Gasteiger partial charge >= 0.3 is 0 Å². The van der Waals surface area contributed by atoms with Gasteiger partial charge in [0.05, 0.1) is 38.6 Å². The van der Waals surface area contributed by atoms with Gasteiger partial charge in [0.2, 0.25) is 5.91 Å². The number of carbonyl (C=O) groups is 1. The largest absolute Gasteiger partial charge is 0.394 e. The van der Waals surface area contributed by atoms with Crippen molar-refractivity contribution >= 4 is 5.91 Å². The predicted molar refractivity (Wildman–Crippen MR) is 443 cm³/mol. The summed E-state index contributed by atoms with van der Waals surface area (Å²) in [5, 5.41) is 121. The number of aliphatic hydroxyl groups excluding tert-OH is 11. The number of carbonyl (C=O) groups excluding carboxylic acids is 1. The Morgan fingerprint density at radius 3 is 0.882 bits per heavy atom. The average molecular weight is 1570 g/mol. The van der Waals surface area contributed by atoms with Crippen molar-refractivity contribution in [1.29, 1.82) is 0 Å². The number of rotatable bonds is 77. The zero-order valence-corrected chi connectivity index (χ0v) is 70.3. The Hall–Kier alpha value is -1.73. The van der Waals surface area contributed by atoms with Gasteiger partial charge in [0.1, 0.15) is 73.2 Å². The van der Waals surface area contributed by atoms with Crippen molar-refractivity contribution < 1.29 is 89.4 Å². The molecule has 3 aliphatic rings. The van der Waals surface area contributed by atoms with E-state index in [-0.39, 0.29) is 18.9 Å². The molecule has 0 aromatic carbocycles. The SMILES string of the molecule is CCCCCCCCCC/C=C\CCCCCCCCCCCCCCCCCCCCCCCCCCCCCCCC(=O)NC(COC1OC(CO)C(OC2OC(CO)C(OC3OC(CO)C(O)C(O)C3O)C(O)C2O)C(O)C1O)C(O)/C=C/CCCCCCCCCCCCCCCCCCCCCCCC. The molecule has 3 heterocycles. The lowest BCUT2D eigenvalue weighted by molar-refractivity contribution is -0.379. The molecule has 0 aromatic rings. The van der Waals surface area contributed by atoms with Crippen molar-refractivity contribution in [2.24, 2.45) is 0 Å². The Balaban J connectivity index is 1.28. The highest BCUT2D eigenvalue weighted by Crippen LogP contribution is 2.34. The van der Waals surface area contributed by atoms with Crippen LogP contribution in [0.3, 0.4) is 0 Å². The van der Waals surface area contributed by atoms with E-state index in [1.165, 1.54) is 347 Å². The van der Waals surface area contributed by atoms with Crippen LogP contribution in [0.25, 0.3) is 0 Å². The first-order valence-electron chi connectivity index (χ1n) is 46.6. The van der Waals surface area contributed by atoms with E-state index in [1.54, 1.807) is 6.08 Å². The number of nitrogens with one attached hydrogen (secondary N) is 1. The van der Waals surface area contributed by atoms with Gasteiger partial charge in [-0.1, -0.05) is 391 Å². The van der Waals surface area contributed by atoms with Gasteiger partial charge in [0.15, 0.2) is 18.9 Å². The van der Waals surface area contributed by atoms with Crippen molar-refractivity contribution in [3.63, 3.8) is 0 Å². The van der Waals surface area contributed by atoms with Crippen LogP contribution in [-0.2, 0) is 33.2 Å². The maximum atomic E-state index is 13.5. The van der Waals surface area contributed by atoms with Crippen LogP contribution in [0.5, 0.6) is 0 Å². The minimum Gasteiger partial charge on any atom is -0.394 e. The standard InChI is InChI=1S/C91H173NO18/c1-3-5-7-9-11-13-15-17-19-21-23-25-27-29-30-31-32-33-34-35-36-37-38-39-40-41-42-43-44-45-47-49-51-53-55-57-59-61-63-65-67-69-79(97)92-74(75(96)68-66-64-62-60-58-56-54-52-50-48-46-28-26-24-22-20-18-16-14-12-10-8-6-4-2)73-105-89-85(103)82(100)87(77(71-94)107-89)110-91-86(104)83(101)88(78(72-95)108-91)109-90-84(102)81(99)80(98)76(70-93)106-90/h21,23,66,68,74-78,80-91,93-96,98-104H,3-20,22,24-65,67,69-73H2,1-2H3,(H,92,97)/b23-21-,68-66+. The number of aliphatic hydroxyl groups is 11. The first kappa shape index (κ1) is 102. The molecule has 3 fully saturated rings. The molecule has 0 saturated carbocycles. The number of hydrogen-bond acceptors (Lipinski definition) is 18. The molecule has 1 amide bonds. The van der Waals surface area contributed by atoms with Crippen LogP contribution in [0.4, 0.5) is 0 Å². The number of ether oxygens (including phenoxy) is 6. The molecule has 0 spiro atoms. The average Bonchev–Trinajstić information content (AvgIpc) is 0.782. The van der Waals surface area contributed by atoms with Crippen molar-refractivity contribution in [1.82, 2.24) is 5.32 Å². The third-order valence-corrected chi connectivity index (χ3v) is 23.5. The Morgan fingerprint density at radius 2 is 0.573 bits per heavy atom. The van der Waals surface area contributed by atoms with Crippen molar-refractivity contribution in [3.8, 4) is 0 Å². The number of allylic oxidation sites excluding steroid dienone is 3. The lowest BCUT2D eigenvalue weighted by atomic mass is 9.96. The van der Waals surface area contributed by atoms with Gasteiger partial charge < -0.3 is 89.9 Å². The van der Waals surface area contributed by atoms with Crippen LogP contribution in [0.15, 0.2) is 24.3 Å². The summed E-state index contributed by atoms with van der Waals surface area (Å²) in [6, 6.07) is -0.972. The van der Waals surface area contributed by atoms with Crippen LogP contribution in [0, 0.1) is 0 Å². The minimum absolute atomic E-state index is 0.250. The van der Waals surface area contributed by atoms with Crippen molar-refractivity contribution in [2.45, 2.75) is 523 Å². The summed E-state index contributed by atoms with van der Waals surface area (Å²) in [7, 11) is 0. The van der Waals surface area contributed by atoms with E-state index in [2.05, 4.69) is 31.3 Å². The first-order valence-corrected chi connectivity index (χ1v) is 46.6. The van der Waals surface area contributed by atoms with Crippen LogP contribution in [0.1, 0.15) is 418 Å². The van der Waals surface area contributed by atoms with Gasteiger partial charge in [-0.15, -0.1) is 0 Å². The number of hydrogen-bond donors (Lipinski definition) is 12. The third-order valence-electron chi connectivity index (χ3n) is 23.5. The normalized spacial score (nSPS) is 25.2. The van der Waals surface area contributed by atoms with Crippen molar-refractivity contribution in [2.75, 3.05) is 26.4 Å². The zero-order chi connectivity index (χ0) is 79.5. The molecule has 17 unspecified atom stereocenters. The Morgan fingerprint density at radius 1 is 0.318 bits per heavy atom. The third kappa shape index (κ3) is 49.5. The monoisotopic (exact) mass is 1570 g/mol. The smallest absolute Gasteiger partial charge is 0.220 e. The summed E-state index contributed by atoms with van der Waals surface area (Å²) in [4.78, 5) is 13.5. The molecule has 3 rings (SSSR count). The number of unbranched alkanes of at least 4 members (excludes halogenated alkanes) is 59. The summed E-state index contributed by atoms with van der Waals surface area (Å²) < 4.78 is 34.5. The molecule has 19 nitrogen and oxygen atoms in total. The molecule has 0 aliphatic carbocycles. The van der Waals surface area contributed by atoms with E-state index in [9.17, 15) is 61.0 Å². The van der Waals surface area contributed by atoms with Gasteiger partial charge in [-0.2, -0.15) is 0 Å². The molecule has 3 saturated heterocycles.